The van der Waals surface area contributed by atoms with Crippen molar-refractivity contribution in [1.82, 2.24) is 10.2 Å². The lowest BCUT2D eigenvalue weighted by molar-refractivity contribution is -0.128. The van der Waals surface area contributed by atoms with Gasteiger partial charge in [-0.2, -0.15) is 0 Å². The summed E-state index contributed by atoms with van der Waals surface area (Å²) in [7, 11) is -3.48. The van der Waals surface area contributed by atoms with Gasteiger partial charge in [-0.3, -0.25) is 9.69 Å². The summed E-state index contributed by atoms with van der Waals surface area (Å²) in [6.07, 6.45) is 10.1. The molecular weight excluding hydrogens is 624 g/mol. The number of hydrogen-bond acceptors (Lipinski definition) is 10. The number of rotatable bonds is 15. The molecule has 0 radical (unpaired) electrons. The molecule has 0 spiro atoms. The van der Waals surface area contributed by atoms with Crippen molar-refractivity contribution in [2.24, 2.45) is 16.0 Å². The van der Waals surface area contributed by atoms with Gasteiger partial charge >= 0.3 is 0 Å². The Labute approximate surface area is 280 Å². The average molecular weight is 679 g/mol. The van der Waals surface area contributed by atoms with E-state index in [1.165, 1.54) is 0 Å². The second kappa shape index (κ2) is 17.6. The standard InChI is InChI=1S/C33H54N6O7S/c34-38-37-29-10-5-4-9-28(29)30-33(15-24-47(42,43)27-7-2-1-3-8-27,32(41)35-16-17-39-18-22-44-23-19-39)36-31(46-30)25-11-13-26(14-12-25)45-21-6-20-40/h25-27,30,40H,1-24H2,(H-,35,41,42,43)/t25?,26?,30-,33-/m1/s1. The number of nitrogens with zero attached hydrogens (tertiary/aromatic N) is 5. The molecule has 2 saturated carbocycles. The fourth-order valence-electron chi connectivity index (χ4n) is 7.87. The average Bonchev–Trinajstić information content (AvgIpc) is 3.50. The number of amides is 1. The Bertz CT molecular complexity index is 1210. The first-order valence-electron chi connectivity index (χ1n) is 17.9. The highest BCUT2D eigenvalue weighted by Gasteiger charge is 2.56. The summed E-state index contributed by atoms with van der Waals surface area (Å²) in [5, 5.41) is 15.9. The van der Waals surface area contributed by atoms with E-state index < -0.39 is 27.1 Å². The molecule has 1 amide bonds. The summed E-state index contributed by atoms with van der Waals surface area (Å²) in [5.74, 6) is -0.00867. The van der Waals surface area contributed by atoms with Gasteiger partial charge in [0.25, 0.3) is 5.91 Å². The fourth-order valence-corrected chi connectivity index (χ4v) is 9.85. The number of aliphatic imine (C=N–C) groups is 1. The van der Waals surface area contributed by atoms with Crippen molar-refractivity contribution in [3.63, 3.8) is 0 Å². The molecule has 0 aromatic rings. The maximum absolute atomic E-state index is 14.5. The van der Waals surface area contributed by atoms with Crippen molar-refractivity contribution >= 4 is 22.0 Å². The van der Waals surface area contributed by atoms with Crippen molar-refractivity contribution in [1.29, 1.82) is 0 Å². The van der Waals surface area contributed by atoms with Gasteiger partial charge in [0, 0.05) is 72.6 Å². The second-order valence-electron chi connectivity index (χ2n) is 13.7. The van der Waals surface area contributed by atoms with Crippen LogP contribution in [0.25, 0.3) is 10.4 Å². The van der Waals surface area contributed by atoms with Crippen LogP contribution in [-0.2, 0) is 33.4 Å². The quantitative estimate of drug-likeness (QED) is 0.0839. The lowest BCUT2D eigenvalue weighted by Gasteiger charge is -2.36. The number of aliphatic hydroxyl groups is 1. The molecule has 0 aromatic carbocycles. The number of nitrogens with one attached hydrogen (secondary N) is 1. The number of carbonyl (C=O) groups is 1. The molecule has 0 bridgehead atoms. The van der Waals surface area contributed by atoms with E-state index in [1.807, 2.05) is 0 Å². The Hall–Kier alpha value is -2.06. The van der Waals surface area contributed by atoms with Gasteiger partial charge in [-0.25, -0.2) is 4.99 Å². The van der Waals surface area contributed by atoms with Crippen LogP contribution in [0.4, 0.5) is 0 Å². The Balaban J connectivity index is 1.44. The number of sulfone groups is 1. The van der Waals surface area contributed by atoms with Crippen LogP contribution in [0.3, 0.4) is 0 Å². The molecule has 1 unspecified atom stereocenters. The van der Waals surface area contributed by atoms with Gasteiger partial charge < -0.3 is 29.2 Å². The molecule has 3 aliphatic carbocycles. The molecule has 2 aliphatic heterocycles. The number of morpholine rings is 1. The first-order valence-corrected chi connectivity index (χ1v) is 19.6. The molecule has 3 atom stereocenters. The summed E-state index contributed by atoms with van der Waals surface area (Å²) in [6.45, 7) is 4.57. The van der Waals surface area contributed by atoms with Gasteiger partial charge in [0.05, 0.1) is 19.3 Å². The summed E-state index contributed by atoms with van der Waals surface area (Å²) in [6, 6.07) is 0. The Kier molecular flexibility index (Phi) is 13.5. The van der Waals surface area contributed by atoms with Crippen molar-refractivity contribution in [2.45, 2.75) is 119 Å². The zero-order chi connectivity index (χ0) is 33.1. The fraction of sp³-hybridized carbons (Fsp3) is 0.879. The minimum atomic E-state index is -3.48. The maximum Gasteiger partial charge on any atom is 0.252 e. The van der Waals surface area contributed by atoms with Crippen LogP contribution in [0.15, 0.2) is 21.4 Å². The predicted octanol–water partition coefficient (Wildman–Crippen LogP) is 4.42. The molecule has 5 rings (SSSR count). The summed E-state index contributed by atoms with van der Waals surface area (Å²) < 4.78 is 45.7. The van der Waals surface area contributed by atoms with E-state index in [1.54, 1.807) is 0 Å². The summed E-state index contributed by atoms with van der Waals surface area (Å²) in [4.78, 5) is 25.0. The van der Waals surface area contributed by atoms with Crippen molar-refractivity contribution < 1.29 is 32.9 Å². The lowest BCUT2D eigenvalue weighted by atomic mass is 9.80. The van der Waals surface area contributed by atoms with Crippen LogP contribution in [0.5, 0.6) is 0 Å². The molecule has 264 valence electrons. The van der Waals surface area contributed by atoms with E-state index in [2.05, 4.69) is 20.2 Å². The topological polar surface area (TPSA) is 182 Å². The summed E-state index contributed by atoms with van der Waals surface area (Å²) in [5.41, 5.74) is 9.30. The molecule has 1 saturated heterocycles. The number of ether oxygens (including phenoxy) is 3. The predicted molar refractivity (Wildman–Crippen MR) is 179 cm³/mol. The second-order valence-corrected chi connectivity index (χ2v) is 16.1. The highest BCUT2D eigenvalue weighted by molar-refractivity contribution is 7.98. The van der Waals surface area contributed by atoms with E-state index in [-0.39, 0.29) is 36.7 Å². The molecule has 3 fully saturated rings. The molecular formula is C33H54N6O7S. The molecule has 14 heteroatoms. The van der Waals surface area contributed by atoms with E-state index >= 15 is 0 Å². The molecule has 2 heterocycles. The molecule has 2 N–H and O–H groups in total. The third kappa shape index (κ3) is 9.35. The summed E-state index contributed by atoms with van der Waals surface area (Å²) >= 11 is 0. The van der Waals surface area contributed by atoms with E-state index in [0.29, 0.717) is 76.6 Å². The molecule has 47 heavy (non-hydrogen) atoms. The Morgan fingerprint density at radius 1 is 1.13 bits per heavy atom. The number of hydrogen-bond donors (Lipinski definition) is 2. The van der Waals surface area contributed by atoms with E-state index in [0.717, 1.165) is 76.5 Å². The number of azide groups is 1. The van der Waals surface area contributed by atoms with Gasteiger partial charge in [0.2, 0.25) is 0 Å². The number of aliphatic hydroxyl groups excluding tert-OH is 1. The zero-order valence-corrected chi connectivity index (χ0v) is 28.6. The van der Waals surface area contributed by atoms with E-state index in [9.17, 15) is 19.1 Å². The maximum atomic E-state index is 14.5. The normalized spacial score (nSPS) is 30.6. The smallest absolute Gasteiger partial charge is 0.252 e. The van der Waals surface area contributed by atoms with Crippen molar-refractivity contribution in [3.05, 3.63) is 21.7 Å². The van der Waals surface area contributed by atoms with Gasteiger partial charge in [-0.05, 0) is 94.6 Å². The first-order chi connectivity index (χ1) is 22.9. The third-order valence-corrected chi connectivity index (χ3v) is 12.9. The number of carbonyl (C=O) groups excluding carboxylic acids is 1. The lowest BCUT2D eigenvalue weighted by Crippen LogP contribution is -2.55. The van der Waals surface area contributed by atoms with Gasteiger partial charge in [-0.15, -0.1) is 4.21 Å². The Morgan fingerprint density at radius 2 is 1.87 bits per heavy atom. The van der Waals surface area contributed by atoms with Crippen LogP contribution in [0.2, 0.25) is 0 Å². The van der Waals surface area contributed by atoms with Gasteiger partial charge in [-0.1, -0.05) is 11.5 Å². The minimum Gasteiger partial charge on any atom is -0.615 e. The largest absolute Gasteiger partial charge is 0.615 e. The minimum absolute atomic E-state index is 0.00997. The highest BCUT2D eigenvalue weighted by atomic mass is 32.3. The molecule has 0 aromatic heterocycles. The van der Waals surface area contributed by atoms with Crippen LogP contribution in [-0.4, -0.2) is 108 Å². The van der Waals surface area contributed by atoms with Crippen molar-refractivity contribution in [3.8, 4) is 0 Å². The van der Waals surface area contributed by atoms with Crippen LogP contribution < -0.4 is 5.32 Å². The molecule has 5 aliphatic rings. The zero-order valence-electron chi connectivity index (χ0n) is 27.8. The van der Waals surface area contributed by atoms with Gasteiger partial charge in [0.1, 0.15) is 11.0 Å². The van der Waals surface area contributed by atoms with Gasteiger partial charge in [0.15, 0.2) is 17.5 Å². The van der Waals surface area contributed by atoms with E-state index in [4.69, 9.17) is 24.3 Å². The molecule has 13 nitrogen and oxygen atoms in total. The third-order valence-electron chi connectivity index (χ3n) is 10.7. The van der Waals surface area contributed by atoms with Crippen molar-refractivity contribution in [2.75, 3.05) is 58.4 Å². The van der Waals surface area contributed by atoms with Crippen LogP contribution in [0, 0.1) is 5.92 Å². The number of allylic oxidation sites excluding steroid dienone is 1. The monoisotopic (exact) mass is 678 g/mol. The first kappa shape index (κ1) is 36.2. The van der Waals surface area contributed by atoms with Crippen LogP contribution >= 0.6 is 0 Å². The van der Waals surface area contributed by atoms with Crippen LogP contribution in [0.1, 0.15) is 96.3 Å². The highest BCUT2D eigenvalue weighted by Crippen LogP contribution is 2.44. The Morgan fingerprint density at radius 3 is 2.60 bits per heavy atom. The SMILES string of the molecule is [N-]=[N+]=NC1=C([C@H]2OC(C3CCC(OCCCO)CC3)=N[C@@]2(CC[S+](=O)([O-])C2CCCCC2)C(=O)NCCN2CCOCC2)CCCC1.